The molecule has 5 aromatic rings. The van der Waals surface area contributed by atoms with Crippen LogP contribution in [0.4, 0.5) is 13.2 Å². The van der Waals surface area contributed by atoms with Gasteiger partial charge in [-0.2, -0.15) is 5.10 Å². The average molecular weight is 558 g/mol. The Morgan fingerprint density at radius 2 is 1.71 bits per heavy atom. The number of aromatic nitrogens is 3. The van der Waals surface area contributed by atoms with Gasteiger partial charge in [0.05, 0.1) is 22.8 Å². The van der Waals surface area contributed by atoms with Crippen molar-refractivity contribution in [1.29, 1.82) is 0 Å². The highest BCUT2D eigenvalue weighted by Crippen LogP contribution is 2.30. The molecule has 1 unspecified atom stereocenters. The SMILES string of the molecule is Cc1cc2cn(CC(=O)NC(Cc3cc(F)cc(F)c3)c3ncccc3-c3ccc(F)c(C(N)=O)c3)nc2cc1C. The molecule has 2 heterocycles. The van der Waals surface area contributed by atoms with Gasteiger partial charge >= 0.3 is 0 Å². The molecule has 208 valence electrons. The predicted molar refractivity (Wildman–Crippen MR) is 148 cm³/mol. The van der Waals surface area contributed by atoms with Crippen LogP contribution in [0, 0.1) is 31.3 Å². The molecule has 0 saturated heterocycles. The maximum Gasteiger partial charge on any atom is 0.251 e. The van der Waals surface area contributed by atoms with Crippen LogP contribution < -0.4 is 11.1 Å². The number of benzene rings is 3. The van der Waals surface area contributed by atoms with Crippen molar-refractivity contribution >= 4 is 22.7 Å². The van der Waals surface area contributed by atoms with Crippen LogP contribution in [0.3, 0.4) is 0 Å². The summed E-state index contributed by atoms with van der Waals surface area (Å²) in [7, 11) is 0. The number of primary amides is 1. The molecule has 2 aromatic heterocycles. The van der Waals surface area contributed by atoms with E-state index in [1.165, 1.54) is 35.1 Å². The van der Waals surface area contributed by atoms with Crippen LogP contribution in [0.5, 0.6) is 0 Å². The van der Waals surface area contributed by atoms with Gasteiger partial charge in [-0.05, 0) is 85.0 Å². The zero-order valence-corrected chi connectivity index (χ0v) is 22.3. The van der Waals surface area contributed by atoms with E-state index in [4.69, 9.17) is 5.73 Å². The summed E-state index contributed by atoms with van der Waals surface area (Å²) >= 11 is 0. The number of halogens is 3. The van der Waals surface area contributed by atoms with Crippen molar-refractivity contribution in [3.05, 3.63) is 118 Å². The van der Waals surface area contributed by atoms with Gasteiger partial charge in [0.2, 0.25) is 5.91 Å². The fourth-order valence-corrected chi connectivity index (χ4v) is 4.81. The molecule has 0 saturated carbocycles. The minimum atomic E-state index is -0.938. The largest absolute Gasteiger partial charge is 0.366 e. The smallest absolute Gasteiger partial charge is 0.251 e. The van der Waals surface area contributed by atoms with Crippen LogP contribution in [0.2, 0.25) is 0 Å². The second-order valence-electron chi connectivity index (χ2n) is 9.92. The van der Waals surface area contributed by atoms with Crippen molar-refractivity contribution in [2.24, 2.45) is 5.73 Å². The first-order valence-electron chi connectivity index (χ1n) is 12.8. The van der Waals surface area contributed by atoms with E-state index in [1.807, 2.05) is 26.0 Å². The van der Waals surface area contributed by atoms with E-state index in [0.717, 1.165) is 34.2 Å². The summed E-state index contributed by atoms with van der Waals surface area (Å²) in [6.07, 6.45) is 3.27. The van der Waals surface area contributed by atoms with Crippen LogP contribution in [0.25, 0.3) is 22.0 Å². The van der Waals surface area contributed by atoms with E-state index < -0.39 is 35.3 Å². The Kier molecular flexibility index (Phi) is 7.56. The Hall–Kier alpha value is -4.99. The molecule has 3 N–H and O–H groups in total. The summed E-state index contributed by atoms with van der Waals surface area (Å²) in [5.74, 6) is -3.65. The Morgan fingerprint density at radius 3 is 2.44 bits per heavy atom. The van der Waals surface area contributed by atoms with E-state index in [2.05, 4.69) is 15.4 Å². The molecule has 0 bridgehead atoms. The Bertz CT molecular complexity index is 1740. The normalized spacial score (nSPS) is 11.9. The molecule has 7 nitrogen and oxygen atoms in total. The molecule has 41 heavy (non-hydrogen) atoms. The first kappa shape index (κ1) is 27.6. The molecule has 0 spiro atoms. The third-order valence-corrected chi connectivity index (χ3v) is 6.88. The second kappa shape index (κ2) is 11.2. The zero-order valence-electron chi connectivity index (χ0n) is 22.3. The summed E-state index contributed by atoms with van der Waals surface area (Å²) < 4.78 is 43.8. The van der Waals surface area contributed by atoms with Gasteiger partial charge in [0, 0.05) is 29.4 Å². The third kappa shape index (κ3) is 6.11. The number of rotatable bonds is 8. The Labute approximate surface area is 233 Å². The van der Waals surface area contributed by atoms with Gasteiger partial charge in [-0.3, -0.25) is 19.3 Å². The first-order chi connectivity index (χ1) is 19.6. The van der Waals surface area contributed by atoms with Gasteiger partial charge in [-0.1, -0.05) is 12.1 Å². The number of amides is 2. The number of fused-ring (bicyclic) bond motifs is 1. The lowest BCUT2D eigenvalue weighted by Crippen LogP contribution is -2.33. The maximum absolute atomic E-state index is 14.2. The topological polar surface area (TPSA) is 103 Å². The van der Waals surface area contributed by atoms with Crippen molar-refractivity contribution in [3.63, 3.8) is 0 Å². The lowest BCUT2D eigenvalue weighted by atomic mass is 9.94. The van der Waals surface area contributed by atoms with E-state index in [0.29, 0.717) is 16.8 Å². The number of pyridine rings is 1. The molecule has 1 atom stereocenters. The van der Waals surface area contributed by atoms with Crippen molar-refractivity contribution < 1.29 is 22.8 Å². The lowest BCUT2D eigenvalue weighted by Gasteiger charge is -2.22. The van der Waals surface area contributed by atoms with E-state index >= 15 is 0 Å². The number of aryl methyl sites for hydroxylation is 2. The molecule has 2 amide bonds. The third-order valence-electron chi connectivity index (χ3n) is 6.88. The second-order valence-corrected chi connectivity index (χ2v) is 9.92. The monoisotopic (exact) mass is 557 g/mol. The van der Waals surface area contributed by atoms with Crippen molar-refractivity contribution in [3.8, 4) is 11.1 Å². The molecular weight excluding hydrogens is 531 g/mol. The number of nitrogens with two attached hydrogens (primary N) is 1. The van der Waals surface area contributed by atoms with E-state index in [1.54, 1.807) is 18.3 Å². The zero-order chi connectivity index (χ0) is 29.3. The fraction of sp³-hybridized carbons (Fsp3) is 0.161. The summed E-state index contributed by atoms with van der Waals surface area (Å²) in [5.41, 5.74) is 9.52. The van der Waals surface area contributed by atoms with E-state index in [9.17, 15) is 22.8 Å². The van der Waals surface area contributed by atoms with Crippen LogP contribution in [0.15, 0.2) is 73.1 Å². The number of nitrogens with one attached hydrogen (secondary N) is 1. The maximum atomic E-state index is 14.2. The number of nitrogens with zero attached hydrogens (tertiary/aromatic N) is 3. The Morgan fingerprint density at radius 1 is 0.976 bits per heavy atom. The minimum Gasteiger partial charge on any atom is -0.366 e. The summed E-state index contributed by atoms with van der Waals surface area (Å²) in [6, 6.07) is 13.4. The van der Waals surface area contributed by atoms with Gasteiger partial charge < -0.3 is 11.1 Å². The quantitative estimate of drug-likeness (QED) is 0.269. The molecule has 0 fully saturated rings. The molecule has 0 aliphatic rings. The molecule has 0 aliphatic heterocycles. The summed E-state index contributed by atoms with van der Waals surface area (Å²) in [4.78, 5) is 29.6. The highest BCUT2D eigenvalue weighted by atomic mass is 19.1. The summed E-state index contributed by atoms with van der Waals surface area (Å²) in [5, 5.41) is 8.32. The fourth-order valence-electron chi connectivity index (χ4n) is 4.81. The highest BCUT2D eigenvalue weighted by molar-refractivity contribution is 5.94. The molecular formula is C31H26F3N5O2. The van der Waals surface area contributed by atoms with Crippen LogP contribution >= 0.6 is 0 Å². The van der Waals surface area contributed by atoms with Crippen LogP contribution in [-0.2, 0) is 17.8 Å². The Balaban J connectivity index is 1.51. The number of hydrogen-bond donors (Lipinski definition) is 2. The van der Waals surface area contributed by atoms with Gasteiger partial charge in [-0.25, -0.2) is 13.2 Å². The van der Waals surface area contributed by atoms with Crippen LogP contribution in [-0.4, -0.2) is 26.6 Å². The summed E-state index contributed by atoms with van der Waals surface area (Å²) in [6.45, 7) is 3.86. The van der Waals surface area contributed by atoms with Crippen molar-refractivity contribution in [2.45, 2.75) is 32.9 Å². The molecule has 0 radical (unpaired) electrons. The van der Waals surface area contributed by atoms with Crippen LogP contribution in [0.1, 0.15) is 38.8 Å². The molecule has 10 heteroatoms. The van der Waals surface area contributed by atoms with E-state index in [-0.39, 0.29) is 24.1 Å². The van der Waals surface area contributed by atoms with Gasteiger partial charge in [0.15, 0.2) is 0 Å². The average Bonchev–Trinajstić information content (AvgIpc) is 3.28. The number of carbonyl (C=O) groups is 2. The highest BCUT2D eigenvalue weighted by Gasteiger charge is 2.23. The molecule has 3 aromatic carbocycles. The van der Waals surface area contributed by atoms with Gasteiger partial charge in [-0.15, -0.1) is 0 Å². The predicted octanol–water partition coefficient (Wildman–Crippen LogP) is 5.33. The molecule has 0 aliphatic carbocycles. The van der Waals surface area contributed by atoms with Gasteiger partial charge in [0.25, 0.3) is 5.91 Å². The number of hydrogen-bond acceptors (Lipinski definition) is 4. The van der Waals surface area contributed by atoms with Crippen molar-refractivity contribution in [1.82, 2.24) is 20.1 Å². The minimum absolute atomic E-state index is 0.00617. The number of carbonyl (C=O) groups excluding carboxylic acids is 2. The van der Waals surface area contributed by atoms with Gasteiger partial charge in [0.1, 0.15) is 24.0 Å². The van der Waals surface area contributed by atoms with Crippen molar-refractivity contribution in [2.75, 3.05) is 0 Å². The first-order valence-corrected chi connectivity index (χ1v) is 12.8. The molecule has 5 rings (SSSR count). The lowest BCUT2D eigenvalue weighted by molar-refractivity contribution is -0.122. The standard InChI is InChI=1S/C31H26F3N5O2/c1-17-8-21-15-39(38-27(21)9-18(17)2)16-29(40)37-28(12-19-10-22(32)14-23(33)11-19)30-24(4-3-7-36-30)20-5-6-26(34)25(13-20)31(35)41/h3-11,13-15,28H,12,16H2,1-2H3,(H2,35,41)(H,37,40).